The van der Waals surface area contributed by atoms with Crippen molar-refractivity contribution in [2.75, 3.05) is 6.54 Å². The lowest BCUT2D eigenvalue weighted by molar-refractivity contribution is 0.0966. The van der Waals surface area contributed by atoms with Crippen LogP contribution in [0.15, 0.2) is 0 Å². The van der Waals surface area contributed by atoms with E-state index in [1.54, 1.807) is 6.92 Å². The van der Waals surface area contributed by atoms with Crippen molar-refractivity contribution in [3.8, 4) is 6.07 Å². The Bertz CT molecular complexity index is 461. The Balaban J connectivity index is 0. The SMILES string of the molecule is C[C@H](CC#N)OC(=O)NC(C)(C)C.C[C@H](CCN)OC(=O)NC(C)(C)C. The highest BCUT2D eigenvalue weighted by Crippen LogP contribution is 2.03. The predicted octanol–water partition coefficient (Wildman–Crippen LogP) is 3.06. The molecule has 0 aliphatic heterocycles. The zero-order valence-electron chi connectivity index (χ0n) is 17.4. The summed E-state index contributed by atoms with van der Waals surface area (Å²) in [6.45, 7) is 15.4. The van der Waals surface area contributed by atoms with Crippen LogP contribution in [0.1, 0.15) is 68.2 Å². The van der Waals surface area contributed by atoms with E-state index in [1.807, 2.05) is 54.5 Å². The number of alkyl carbamates (subject to hydrolysis) is 2. The highest BCUT2D eigenvalue weighted by molar-refractivity contribution is 5.68. The number of ether oxygens (including phenoxy) is 2. The van der Waals surface area contributed by atoms with Crippen LogP contribution in [-0.4, -0.2) is 42.0 Å². The fraction of sp³-hybridized carbons (Fsp3) is 0.833. The first-order chi connectivity index (χ1) is 11.7. The topological polar surface area (TPSA) is 126 Å². The number of rotatable bonds is 5. The molecule has 0 bridgehead atoms. The molecule has 2 atom stereocenters. The predicted molar refractivity (Wildman–Crippen MR) is 102 cm³/mol. The second kappa shape index (κ2) is 12.4. The van der Waals surface area contributed by atoms with Crippen molar-refractivity contribution < 1.29 is 19.1 Å². The Hall–Kier alpha value is -2.01. The summed E-state index contributed by atoms with van der Waals surface area (Å²) in [6.07, 6.45) is -0.418. The molecular weight excluding hydrogens is 336 g/mol. The first-order valence-corrected chi connectivity index (χ1v) is 8.74. The number of carbonyl (C=O) groups excluding carboxylic acids is 2. The highest BCUT2D eigenvalue weighted by Gasteiger charge is 2.17. The van der Waals surface area contributed by atoms with Crippen molar-refractivity contribution in [1.29, 1.82) is 5.26 Å². The summed E-state index contributed by atoms with van der Waals surface area (Å²) in [4.78, 5) is 22.3. The molecule has 0 fully saturated rings. The minimum Gasteiger partial charge on any atom is -0.446 e. The molecule has 0 aromatic heterocycles. The van der Waals surface area contributed by atoms with E-state index in [-0.39, 0.29) is 35.8 Å². The Kier molecular flexibility index (Phi) is 12.5. The van der Waals surface area contributed by atoms with Crippen molar-refractivity contribution in [1.82, 2.24) is 10.6 Å². The molecule has 152 valence electrons. The van der Waals surface area contributed by atoms with E-state index in [4.69, 9.17) is 20.5 Å². The molecule has 0 unspecified atom stereocenters. The Labute approximate surface area is 157 Å². The number of hydrogen-bond donors (Lipinski definition) is 3. The Morgan fingerprint density at radius 1 is 0.962 bits per heavy atom. The monoisotopic (exact) mass is 372 g/mol. The maximum absolute atomic E-state index is 11.2. The van der Waals surface area contributed by atoms with Gasteiger partial charge in [0.05, 0.1) is 12.5 Å². The fourth-order valence-corrected chi connectivity index (χ4v) is 1.50. The van der Waals surface area contributed by atoms with Crippen molar-refractivity contribution in [3.63, 3.8) is 0 Å². The van der Waals surface area contributed by atoms with Crippen LogP contribution in [0.4, 0.5) is 9.59 Å². The van der Waals surface area contributed by atoms with Gasteiger partial charge in [-0.1, -0.05) is 0 Å². The Morgan fingerprint density at radius 3 is 1.65 bits per heavy atom. The molecule has 8 nitrogen and oxygen atoms in total. The molecular formula is C18H36N4O4. The van der Waals surface area contributed by atoms with Gasteiger partial charge in [-0.3, -0.25) is 0 Å². The molecule has 0 saturated carbocycles. The molecule has 0 heterocycles. The van der Waals surface area contributed by atoms with Crippen LogP contribution in [0.5, 0.6) is 0 Å². The molecule has 26 heavy (non-hydrogen) atoms. The first-order valence-electron chi connectivity index (χ1n) is 8.74. The lowest BCUT2D eigenvalue weighted by Crippen LogP contribution is -2.42. The summed E-state index contributed by atoms with van der Waals surface area (Å²) >= 11 is 0. The number of carbonyl (C=O) groups is 2. The van der Waals surface area contributed by atoms with Crippen LogP contribution in [0.25, 0.3) is 0 Å². The van der Waals surface area contributed by atoms with Gasteiger partial charge < -0.3 is 25.8 Å². The summed E-state index contributed by atoms with van der Waals surface area (Å²) in [5.74, 6) is 0. The highest BCUT2D eigenvalue weighted by atomic mass is 16.6. The third-order valence-corrected chi connectivity index (χ3v) is 2.52. The molecule has 2 amide bonds. The number of nitrogens with zero attached hydrogens (tertiary/aromatic N) is 1. The van der Waals surface area contributed by atoms with E-state index < -0.39 is 6.09 Å². The standard InChI is InChI=1S/C9H20N2O2.C9H16N2O2/c2*1-7(5-6-10)13-8(12)11-9(2,3)4/h7H,5-6,10H2,1-4H3,(H,11,12);7H,5H2,1-4H3,(H,11,12)/t2*7-/m11/s1. The molecule has 8 heteroatoms. The van der Waals surface area contributed by atoms with Crippen LogP contribution in [0.3, 0.4) is 0 Å². The molecule has 0 aliphatic carbocycles. The summed E-state index contributed by atoms with van der Waals surface area (Å²) in [6, 6.07) is 1.93. The zero-order valence-corrected chi connectivity index (χ0v) is 17.4. The summed E-state index contributed by atoms with van der Waals surface area (Å²) in [7, 11) is 0. The maximum Gasteiger partial charge on any atom is 0.407 e. The molecule has 0 saturated heterocycles. The maximum atomic E-state index is 11.2. The van der Waals surface area contributed by atoms with Crippen LogP contribution >= 0.6 is 0 Å². The number of nitriles is 1. The van der Waals surface area contributed by atoms with E-state index in [9.17, 15) is 9.59 Å². The van der Waals surface area contributed by atoms with Crippen LogP contribution in [0.2, 0.25) is 0 Å². The second-order valence-electron chi connectivity index (χ2n) is 8.12. The molecule has 0 spiro atoms. The first kappa shape index (κ1) is 26.2. The third-order valence-electron chi connectivity index (χ3n) is 2.52. The smallest absolute Gasteiger partial charge is 0.407 e. The third kappa shape index (κ3) is 20.0. The molecule has 0 radical (unpaired) electrons. The van der Waals surface area contributed by atoms with Crippen LogP contribution in [0, 0.1) is 11.3 Å². The largest absolute Gasteiger partial charge is 0.446 e. The van der Waals surface area contributed by atoms with Gasteiger partial charge in [-0.25, -0.2) is 9.59 Å². The normalized spacial score (nSPS) is 13.2. The minimum absolute atomic E-state index is 0.118. The van der Waals surface area contributed by atoms with E-state index in [1.165, 1.54) is 0 Å². The van der Waals surface area contributed by atoms with Crippen molar-refractivity contribution in [3.05, 3.63) is 0 Å². The second-order valence-corrected chi connectivity index (χ2v) is 8.12. The number of amides is 2. The summed E-state index contributed by atoms with van der Waals surface area (Å²) < 4.78 is 9.93. The average molecular weight is 373 g/mol. The quantitative estimate of drug-likeness (QED) is 0.681. The minimum atomic E-state index is -0.477. The van der Waals surface area contributed by atoms with Crippen LogP contribution < -0.4 is 16.4 Å². The van der Waals surface area contributed by atoms with Crippen molar-refractivity contribution >= 4 is 12.2 Å². The van der Waals surface area contributed by atoms with E-state index >= 15 is 0 Å². The zero-order chi connectivity index (χ0) is 21.0. The van der Waals surface area contributed by atoms with Gasteiger partial charge in [-0.05, 0) is 68.4 Å². The van der Waals surface area contributed by atoms with Gasteiger partial charge in [0.1, 0.15) is 12.2 Å². The molecule has 0 aliphatic rings. The molecule has 0 aromatic carbocycles. The van der Waals surface area contributed by atoms with E-state index in [0.29, 0.717) is 13.0 Å². The van der Waals surface area contributed by atoms with Crippen LogP contribution in [-0.2, 0) is 9.47 Å². The van der Waals surface area contributed by atoms with Crippen molar-refractivity contribution in [2.45, 2.75) is 91.5 Å². The molecule has 4 N–H and O–H groups in total. The Morgan fingerprint density at radius 2 is 1.35 bits per heavy atom. The van der Waals surface area contributed by atoms with Gasteiger partial charge in [0.25, 0.3) is 0 Å². The summed E-state index contributed by atoms with van der Waals surface area (Å²) in [5.41, 5.74) is 4.77. The average Bonchev–Trinajstić information content (AvgIpc) is 2.34. The van der Waals surface area contributed by atoms with Gasteiger partial charge in [-0.15, -0.1) is 0 Å². The van der Waals surface area contributed by atoms with Gasteiger partial charge in [-0.2, -0.15) is 5.26 Å². The number of nitrogens with two attached hydrogens (primary N) is 1. The molecule has 0 aromatic rings. The fourth-order valence-electron chi connectivity index (χ4n) is 1.50. The van der Waals surface area contributed by atoms with E-state index in [0.717, 1.165) is 0 Å². The number of nitrogens with one attached hydrogen (secondary N) is 2. The molecule has 0 rings (SSSR count). The van der Waals surface area contributed by atoms with Gasteiger partial charge >= 0.3 is 12.2 Å². The number of hydrogen-bond acceptors (Lipinski definition) is 6. The van der Waals surface area contributed by atoms with Gasteiger partial charge in [0.15, 0.2) is 0 Å². The van der Waals surface area contributed by atoms with Gasteiger partial charge in [0, 0.05) is 11.1 Å². The van der Waals surface area contributed by atoms with E-state index in [2.05, 4.69) is 10.6 Å². The lowest BCUT2D eigenvalue weighted by Gasteiger charge is -2.21. The lowest BCUT2D eigenvalue weighted by atomic mass is 10.1. The van der Waals surface area contributed by atoms with Gasteiger partial charge in [0.2, 0.25) is 0 Å². The summed E-state index contributed by atoms with van der Waals surface area (Å²) in [5, 5.41) is 13.7. The van der Waals surface area contributed by atoms with Crippen molar-refractivity contribution in [2.24, 2.45) is 5.73 Å².